The minimum absolute atomic E-state index is 0.0150. The van der Waals surface area contributed by atoms with Gasteiger partial charge in [-0.25, -0.2) is 9.97 Å². The molecule has 0 atom stereocenters. The maximum absolute atomic E-state index is 13.0. The highest BCUT2D eigenvalue weighted by Crippen LogP contribution is 2.30. The third kappa shape index (κ3) is 5.57. The molecule has 4 aromatic rings. The van der Waals surface area contributed by atoms with Crippen LogP contribution in [0.1, 0.15) is 40.2 Å². The van der Waals surface area contributed by atoms with E-state index in [1.165, 1.54) is 24.5 Å². The standard InChI is InChI=1S/C29H25N5O4/c35-28(12-8-22-3-1-2-4-27(22)34(37)38)32-25-9-5-20(6-10-25)21-13-15-33(16-14-21)29(36)23-7-11-26-24(17-23)18-30-19-31-26/h1-12,17-19,21H,13-16H2,(H,32,35)/b12-8+. The highest BCUT2D eigenvalue weighted by Gasteiger charge is 2.25. The van der Waals surface area contributed by atoms with Gasteiger partial charge in [0.25, 0.3) is 11.6 Å². The van der Waals surface area contributed by atoms with Crippen molar-refractivity contribution in [3.63, 3.8) is 0 Å². The summed E-state index contributed by atoms with van der Waals surface area (Å²) in [6.45, 7) is 1.34. The number of amides is 2. The quantitative estimate of drug-likeness (QED) is 0.217. The molecular weight excluding hydrogens is 482 g/mol. The van der Waals surface area contributed by atoms with Crippen LogP contribution in [0.4, 0.5) is 11.4 Å². The highest BCUT2D eigenvalue weighted by molar-refractivity contribution is 6.02. The number of nitro groups is 1. The lowest BCUT2D eigenvalue weighted by Gasteiger charge is -2.32. The van der Waals surface area contributed by atoms with Crippen LogP contribution in [0, 0.1) is 10.1 Å². The Bertz CT molecular complexity index is 1530. The molecule has 1 aromatic heterocycles. The molecule has 1 N–H and O–H groups in total. The molecule has 3 aromatic carbocycles. The van der Waals surface area contributed by atoms with Crippen LogP contribution in [-0.2, 0) is 4.79 Å². The number of nitrogens with zero attached hydrogens (tertiary/aromatic N) is 4. The van der Waals surface area contributed by atoms with Gasteiger partial charge in [-0.2, -0.15) is 0 Å². The number of hydrogen-bond donors (Lipinski definition) is 1. The largest absolute Gasteiger partial charge is 0.339 e. The van der Waals surface area contributed by atoms with Gasteiger partial charge in [0.15, 0.2) is 0 Å². The van der Waals surface area contributed by atoms with Crippen LogP contribution < -0.4 is 5.32 Å². The lowest BCUT2D eigenvalue weighted by Crippen LogP contribution is -2.37. The van der Waals surface area contributed by atoms with Gasteiger partial charge >= 0.3 is 0 Å². The summed E-state index contributed by atoms with van der Waals surface area (Å²) < 4.78 is 0. The number of anilines is 1. The van der Waals surface area contributed by atoms with E-state index in [0.717, 1.165) is 29.3 Å². The van der Waals surface area contributed by atoms with E-state index in [1.807, 2.05) is 47.4 Å². The van der Waals surface area contributed by atoms with Crippen LogP contribution in [0.3, 0.4) is 0 Å². The minimum atomic E-state index is -0.477. The number of nitrogens with one attached hydrogen (secondary N) is 1. The predicted octanol–water partition coefficient (Wildman–Crippen LogP) is 5.21. The number of hydrogen-bond acceptors (Lipinski definition) is 6. The van der Waals surface area contributed by atoms with Crippen molar-refractivity contribution in [2.75, 3.05) is 18.4 Å². The highest BCUT2D eigenvalue weighted by atomic mass is 16.6. The zero-order chi connectivity index (χ0) is 26.5. The molecule has 0 aliphatic carbocycles. The second kappa shape index (κ2) is 11.0. The Labute approximate surface area is 219 Å². The summed E-state index contributed by atoms with van der Waals surface area (Å²) in [5.74, 6) is -0.0311. The summed E-state index contributed by atoms with van der Waals surface area (Å²) in [7, 11) is 0. The first-order valence-electron chi connectivity index (χ1n) is 12.3. The molecule has 1 aliphatic heterocycles. The fraction of sp³-hybridized carbons (Fsp3) is 0.172. The van der Waals surface area contributed by atoms with E-state index in [0.29, 0.717) is 35.8 Å². The van der Waals surface area contributed by atoms with Gasteiger partial charge in [-0.15, -0.1) is 0 Å². The summed E-state index contributed by atoms with van der Waals surface area (Å²) in [6.07, 6.45) is 7.63. The normalized spacial score (nSPS) is 14.1. The number of likely N-dealkylation sites (tertiary alicyclic amines) is 1. The van der Waals surface area contributed by atoms with Crippen LogP contribution >= 0.6 is 0 Å². The Hall–Kier alpha value is -4.92. The van der Waals surface area contributed by atoms with Gasteiger partial charge in [0, 0.05) is 48.1 Å². The maximum atomic E-state index is 13.0. The van der Waals surface area contributed by atoms with E-state index in [4.69, 9.17) is 0 Å². The molecule has 2 amide bonds. The second-order valence-corrected chi connectivity index (χ2v) is 9.12. The number of nitro benzene ring substituents is 1. The number of benzene rings is 3. The Morgan fingerprint density at radius 2 is 1.79 bits per heavy atom. The van der Waals surface area contributed by atoms with E-state index in [1.54, 1.807) is 24.4 Å². The molecule has 0 unspecified atom stereocenters. The predicted molar refractivity (Wildman–Crippen MR) is 145 cm³/mol. The Morgan fingerprint density at radius 1 is 1.03 bits per heavy atom. The van der Waals surface area contributed by atoms with Crippen LogP contribution in [0.5, 0.6) is 0 Å². The molecule has 38 heavy (non-hydrogen) atoms. The molecule has 9 nitrogen and oxygen atoms in total. The van der Waals surface area contributed by atoms with Crippen molar-refractivity contribution in [3.8, 4) is 0 Å². The lowest BCUT2D eigenvalue weighted by molar-refractivity contribution is -0.385. The molecule has 2 heterocycles. The molecule has 1 fully saturated rings. The van der Waals surface area contributed by atoms with Crippen molar-refractivity contribution < 1.29 is 14.5 Å². The molecule has 0 bridgehead atoms. The third-order valence-electron chi connectivity index (χ3n) is 6.73. The molecule has 9 heteroatoms. The zero-order valence-electron chi connectivity index (χ0n) is 20.5. The SMILES string of the molecule is O=C(/C=C/c1ccccc1[N+](=O)[O-])Nc1ccc(C2CCN(C(=O)c3ccc4ncncc4c3)CC2)cc1. The van der Waals surface area contributed by atoms with Crippen molar-refractivity contribution in [2.45, 2.75) is 18.8 Å². The summed E-state index contributed by atoms with van der Waals surface area (Å²) in [5.41, 5.74) is 3.56. The van der Waals surface area contributed by atoms with Gasteiger partial charge < -0.3 is 10.2 Å². The Morgan fingerprint density at radius 3 is 2.55 bits per heavy atom. The van der Waals surface area contributed by atoms with Gasteiger partial charge in [-0.1, -0.05) is 24.3 Å². The first-order chi connectivity index (χ1) is 18.5. The average Bonchev–Trinajstić information content (AvgIpc) is 2.96. The number of para-hydroxylation sites is 1. The van der Waals surface area contributed by atoms with Gasteiger partial charge in [-0.05, 0) is 66.8 Å². The first-order valence-corrected chi connectivity index (χ1v) is 12.3. The van der Waals surface area contributed by atoms with Gasteiger partial charge in [0.1, 0.15) is 6.33 Å². The average molecular weight is 508 g/mol. The van der Waals surface area contributed by atoms with Crippen molar-refractivity contribution in [2.24, 2.45) is 0 Å². The molecule has 0 spiro atoms. The van der Waals surface area contributed by atoms with Gasteiger partial charge in [0.2, 0.25) is 5.91 Å². The molecule has 5 rings (SSSR count). The minimum Gasteiger partial charge on any atom is -0.339 e. The number of aromatic nitrogens is 2. The number of rotatable bonds is 6. The molecular formula is C29H25N5O4. The van der Waals surface area contributed by atoms with Gasteiger partial charge in [0.05, 0.1) is 16.0 Å². The summed E-state index contributed by atoms with van der Waals surface area (Å²) >= 11 is 0. The summed E-state index contributed by atoms with van der Waals surface area (Å²) in [5, 5.41) is 14.8. The van der Waals surface area contributed by atoms with Crippen molar-refractivity contribution >= 4 is 40.2 Å². The van der Waals surface area contributed by atoms with Crippen LogP contribution in [0.15, 0.2) is 85.3 Å². The van der Waals surface area contributed by atoms with Crippen molar-refractivity contribution in [3.05, 3.63) is 112 Å². The van der Waals surface area contributed by atoms with E-state index >= 15 is 0 Å². The topological polar surface area (TPSA) is 118 Å². The molecule has 1 aliphatic rings. The van der Waals surface area contributed by atoms with Crippen molar-refractivity contribution in [1.29, 1.82) is 0 Å². The van der Waals surface area contributed by atoms with Crippen LogP contribution in [0.2, 0.25) is 0 Å². The fourth-order valence-corrected chi connectivity index (χ4v) is 4.70. The van der Waals surface area contributed by atoms with Crippen LogP contribution in [-0.4, -0.2) is 44.7 Å². The molecule has 1 saturated heterocycles. The smallest absolute Gasteiger partial charge is 0.276 e. The zero-order valence-corrected chi connectivity index (χ0v) is 20.5. The van der Waals surface area contributed by atoms with E-state index in [2.05, 4.69) is 15.3 Å². The summed E-state index contributed by atoms with van der Waals surface area (Å²) in [6, 6.07) is 19.4. The van der Waals surface area contributed by atoms with Crippen LogP contribution in [0.25, 0.3) is 17.0 Å². The summed E-state index contributed by atoms with van der Waals surface area (Å²) in [4.78, 5) is 46.1. The molecule has 0 radical (unpaired) electrons. The lowest BCUT2D eigenvalue weighted by atomic mass is 9.89. The first kappa shape index (κ1) is 24.8. The Balaban J connectivity index is 1.15. The third-order valence-corrected chi connectivity index (χ3v) is 6.73. The Kier molecular flexibility index (Phi) is 7.17. The fourth-order valence-electron chi connectivity index (χ4n) is 4.70. The van der Waals surface area contributed by atoms with Gasteiger partial charge in [-0.3, -0.25) is 19.7 Å². The molecule has 190 valence electrons. The number of piperidine rings is 1. The van der Waals surface area contributed by atoms with E-state index in [-0.39, 0.29) is 17.5 Å². The number of carbonyl (C=O) groups excluding carboxylic acids is 2. The van der Waals surface area contributed by atoms with Crippen molar-refractivity contribution in [1.82, 2.24) is 14.9 Å². The van der Waals surface area contributed by atoms with E-state index in [9.17, 15) is 19.7 Å². The maximum Gasteiger partial charge on any atom is 0.276 e. The number of fused-ring (bicyclic) bond motifs is 1. The molecule has 0 saturated carbocycles. The number of carbonyl (C=O) groups is 2. The monoisotopic (exact) mass is 507 g/mol. The second-order valence-electron chi connectivity index (χ2n) is 9.12. The van der Waals surface area contributed by atoms with E-state index < -0.39 is 4.92 Å².